The van der Waals surface area contributed by atoms with Crippen LogP contribution in [0.15, 0.2) is 18.2 Å². The largest absolute Gasteiger partial charge is 0.460 e. The zero-order valence-electron chi connectivity index (χ0n) is 15.9. The summed E-state index contributed by atoms with van der Waals surface area (Å²) in [6, 6.07) is 2.60. The molecule has 0 aromatic heterocycles. The molecule has 1 N–H and O–H groups in total. The molecule has 1 aromatic carbocycles. The molecule has 156 valence electrons. The number of ether oxygens (including phenoxy) is 1. The first-order chi connectivity index (χ1) is 12.7. The first-order valence-electron chi connectivity index (χ1n) is 8.75. The van der Waals surface area contributed by atoms with Gasteiger partial charge in [0, 0.05) is 30.9 Å². The molecule has 0 saturated carbocycles. The van der Waals surface area contributed by atoms with Crippen molar-refractivity contribution in [2.75, 3.05) is 18.0 Å². The number of benzene rings is 1. The molecule has 7 nitrogen and oxygen atoms in total. The highest BCUT2D eigenvalue weighted by Crippen LogP contribution is 2.40. The molecule has 0 unspecified atom stereocenters. The highest BCUT2D eigenvalue weighted by molar-refractivity contribution is 5.71. The number of nitro groups is 1. The molecule has 1 heterocycles. The average Bonchev–Trinajstić information content (AvgIpc) is 2.51. The van der Waals surface area contributed by atoms with Crippen LogP contribution in [0, 0.1) is 10.1 Å². The van der Waals surface area contributed by atoms with Gasteiger partial charge >= 0.3 is 12.1 Å². The van der Waals surface area contributed by atoms with Crippen LogP contribution >= 0.6 is 0 Å². The van der Waals surface area contributed by atoms with Crippen molar-refractivity contribution in [3.05, 3.63) is 33.9 Å². The summed E-state index contributed by atoms with van der Waals surface area (Å²) in [5, 5.41) is 21.4. The second kappa shape index (κ2) is 7.57. The van der Waals surface area contributed by atoms with Crippen molar-refractivity contribution in [2.24, 2.45) is 0 Å². The Hall–Kier alpha value is -2.36. The summed E-state index contributed by atoms with van der Waals surface area (Å²) in [6.45, 7) is 5.24. The van der Waals surface area contributed by atoms with Crippen LogP contribution in [-0.4, -0.2) is 40.3 Å². The minimum Gasteiger partial charge on any atom is -0.460 e. The van der Waals surface area contributed by atoms with Crippen LogP contribution in [0.3, 0.4) is 0 Å². The van der Waals surface area contributed by atoms with Crippen molar-refractivity contribution in [3.8, 4) is 0 Å². The van der Waals surface area contributed by atoms with Gasteiger partial charge in [-0.25, -0.2) is 0 Å². The maximum atomic E-state index is 13.4. The predicted octanol–water partition coefficient (Wildman–Crippen LogP) is 3.68. The fourth-order valence-corrected chi connectivity index (χ4v) is 3.13. The molecule has 0 radical (unpaired) electrons. The maximum absolute atomic E-state index is 13.4. The van der Waals surface area contributed by atoms with E-state index in [-0.39, 0.29) is 38.0 Å². The van der Waals surface area contributed by atoms with E-state index in [2.05, 4.69) is 0 Å². The van der Waals surface area contributed by atoms with Crippen LogP contribution in [0.4, 0.5) is 24.5 Å². The van der Waals surface area contributed by atoms with Gasteiger partial charge in [-0.1, -0.05) is 0 Å². The van der Waals surface area contributed by atoms with Crippen molar-refractivity contribution < 1.29 is 32.7 Å². The van der Waals surface area contributed by atoms with E-state index in [9.17, 15) is 33.2 Å². The van der Waals surface area contributed by atoms with E-state index in [0.29, 0.717) is 6.07 Å². The molecule has 28 heavy (non-hydrogen) atoms. The summed E-state index contributed by atoms with van der Waals surface area (Å²) in [5.41, 5.74) is -3.99. The van der Waals surface area contributed by atoms with Crippen LogP contribution < -0.4 is 4.90 Å². The van der Waals surface area contributed by atoms with E-state index in [4.69, 9.17) is 4.74 Å². The van der Waals surface area contributed by atoms with Crippen molar-refractivity contribution in [3.63, 3.8) is 0 Å². The number of rotatable bonds is 4. The molecule has 0 bridgehead atoms. The number of alkyl halides is 3. The molecule has 0 spiro atoms. The molecule has 0 amide bonds. The molecule has 0 atom stereocenters. The number of non-ortho nitro benzene ring substituents is 1. The highest BCUT2D eigenvalue weighted by Gasteiger charge is 2.40. The standard InChI is InChI=1S/C18H23F3N2O5/c1-16(2,3)28-15(24)11-17(25)6-8-22(9-7-17)14-5-4-12(23(26)27)10-13(14)18(19,20)21/h4-5,10,25H,6-9,11H2,1-3H3. The average molecular weight is 404 g/mol. The van der Waals surface area contributed by atoms with Crippen molar-refractivity contribution in [1.82, 2.24) is 0 Å². The Kier molecular flexibility index (Phi) is 5.93. The van der Waals surface area contributed by atoms with Gasteiger partial charge in [-0.2, -0.15) is 13.2 Å². The van der Waals surface area contributed by atoms with Gasteiger partial charge in [0.15, 0.2) is 0 Å². The van der Waals surface area contributed by atoms with Crippen molar-refractivity contribution in [1.29, 1.82) is 0 Å². The minimum atomic E-state index is -4.76. The zero-order chi connectivity index (χ0) is 21.3. The van der Waals surface area contributed by atoms with Crippen molar-refractivity contribution >= 4 is 17.3 Å². The Morgan fingerprint density at radius 2 is 1.86 bits per heavy atom. The maximum Gasteiger partial charge on any atom is 0.418 e. The number of nitrogens with zero attached hydrogens (tertiary/aromatic N) is 2. The van der Waals surface area contributed by atoms with Gasteiger partial charge < -0.3 is 14.7 Å². The molecule has 1 aliphatic heterocycles. The first kappa shape index (κ1) is 21.9. The lowest BCUT2D eigenvalue weighted by atomic mass is 9.87. The number of halogens is 3. The number of aliphatic hydroxyl groups is 1. The summed E-state index contributed by atoms with van der Waals surface area (Å²) in [5.74, 6) is -0.574. The third-order valence-corrected chi connectivity index (χ3v) is 4.42. The first-order valence-corrected chi connectivity index (χ1v) is 8.75. The minimum absolute atomic E-state index is 0.0696. The number of anilines is 1. The molecule has 1 saturated heterocycles. The monoisotopic (exact) mass is 404 g/mol. The summed E-state index contributed by atoms with van der Waals surface area (Å²) < 4.78 is 45.3. The van der Waals surface area contributed by atoms with E-state index in [0.717, 1.165) is 12.1 Å². The number of esters is 1. The highest BCUT2D eigenvalue weighted by atomic mass is 19.4. The Balaban J connectivity index is 2.14. The van der Waals surface area contributed by atoms with Gasteiger partial charge in [0.1, 0.15) is 5.60 Å². The van der Waals surface area contributed by atoms with E-state index in [1.54, 1.807) is 20.8 Å². The van der Waals surface area contributed by atoms with Crippen LogP contribution in [0.5, 0.6) is 0 Å². The molecule has 2 rings (SSSR count). The second-order valence-corrected chi connectivity index (χ2v) is 7.93. The Morgan fingerprint density at radius 3 is 2.32 bits per heavy atom. The van der Waals surface area contributed by atoms with E-state index in [1.165, 1.54) is 4.90 Å². The second-order valence-electron chi connectivity index (χ2n) is 7.93. The number of piperidine rings is 1. The van der Waals surface area contributed by atoms with Crippen LogP contribution in [0.2, 0.25) is 0 Å². The normalized spacial score (nSPS) is 17.3. The summed E-state index contributed by atoms with van der Waals surface area (Å²) >= 11 is 0. The Morgan fingerprint density at radius 1 is 1.29 bits per heavy atom. The van der Waals surface area contributed by atoms with Crippen LogP contribution in [0.1, 0.15) is 45.6 Å². The Bertz CT molecular complexity index is 751. The third-order valence-electron chi connectivity index (χ3n) is 4.42. The number of carbonyl (C=O) groups is 1. The Labute approximate surface area is 160 Å². The molecule has 0 aliphatic carbocycles. The van der Waals surface area contributed by atoms with Gasteiger partial charge in [0.05, 0.1) is 22.5 Å². The van der Waals surface area contributed by atoms with Gasteiger partial charge in [-0.05, 0) is 39.7 Å². The van der Waals surface area contributed by atoms with E-state index < -0.39 is 39.5 Å². The third kappa shape index (κ3) is 5.57. The fourth-order valence-electron chi connectivity index (χ4n) is 3.13. The topological polar surface area (TPSA) is 92.9 Å². The fraction of sp³-hybridized carbons (Fsp3) is 0.611. The van der Waals surface area contributed by atoms with Gasteiger partial charge in [0.2, 0.25) is 0 Å². The zero-order valence-corrected chi connectivity index (χ0v) is 15.9. The molecule has 1 fully saturated rings. The lowest BCUT2D eigenvalue weighted by Crippen LogP contribution is -2.46. The molecular weight excluding hydrogens is 381 g/mol. The lowest BCUT2D eigenvalue weighted by Gasteiger charge is -2.39. The lowest BCUT2D eigenvalue weighted by molar-refractivity contribution is -0.385. The molecule has 1 aromatic rings. The van der Waals surface area contributed by atoms with Crippen LogP contribution in [-0.2, 0) is 15.7 Å². The number of hydrogen-bond acceptors (Lipinski definition) is 6. The summed E-state index contributed by atoms with van der Waals surface area (Å²) in [7, 11) is 0. The molecule has 10 heteroatoms. The van der Waals surface area contributed by atoms with Crippen LogP contribution in [0.25, 0.3) is 0 Å². The molecule has 1 aliphatic rings. The smallest absolute Gasteiger partial charge is 0.418 e. The quantitative estimate of drug-likeness (QED) is 0.468. The van der Waals surface area contributed by atoms with Gasteiger partial charge in [0.25, 0.3) is 5.69 Å². The van der Waals surface area contributed by atoms with E-state index >= 15 is 0 Å². The van der Waals surface area contributed by atoms with E-state index in [1.807, 2.05) is 0 Å². The molecular formula is C18H23F3N2O5. The van der Waals surface area contributed by atoms with Crippen molar-refractivity contribution in [2.45, 2.75) is 57.4 Å². The number of nitro benzene ring substituents is 1. The number of hydrogen-bond donors (Lipinski definition) is 1. The SMILES string of the molecule is CC(C)(C)OC(=O)CC1(O)CCN(c2ccc([N+](=O)[O-])cc2C(F)(F)F)CC1. The predicted molar refractivity (Wildman–Crippen MR) is 95.0 cm³/mol. The van der Waals surface area contributed by atoms with Gasteiger partial charge in [-0.3, -0.25) is 14.9 Å². The summed E-state index contributed by atoms with van der Waals surface area (Å²) in [6.07, 6.45) is -4.86. The number of carbonyl (C=O) groups excluding carboxylic acids is 1. The summed E-state index contributed by atoms with van der Waals surface area (Å²) in [4.78, 5) is 23.3. The van der Waals surface area contributed by atoms with Gasteiger partial charge in [-0.15, -0.1) is 0 Å².